The van der Waals surface area contributed by atoms with Crippen molar-refractivity contribution in [3.05, 3.63) is 87.9 Å². The van der Waals surface area contributed by atoms with Gasteiger partial charge in [0, 0.05) is 34.5 Å². The Balaban J connectivity index is 1.17. The second kappa shape index (κ2) is 11.3. The maximum absolute atomic E-state index is 13.3. The number of hydrogen-bond acceptors (Lipinski definition) is 6. The number of aromatic nitrogens is 2. The Kier molecular flexibility index (Phi) is 7.85. The minimum Gasteiger partial charge on any atom is -0.497 e. The van der Waals surface area contributed by atoms with Gasteiger partial charge in [-0.1, -0.05) is 11.6 Å². The van der Waals surface area contributed by atoms with Crippen LogP contribution < -0.4 is 10.1 Å². The molecule has 0 bridgehead atoms. The van der Waals surface area contributed by atoms with Gasteiger partial charge in [-0.05, 0) is 85.1 Å². The summed E-state index contributed by atoms with van der Waals surface area (Å²) in [5.41, 5.74) is 3.38. The third kappa shape index (κ3) is 5.78. The minimum atomic E-state index is -3.60. The SMILES string of the molecule is COc1ccc(-c2cc(C3CCN(S(=O)(=O)c4ccc(CNC(=O)c5ccc(Cl)cc5)s4)CC3)n[nH]2)cc1. The molecule has 4 aromatic rings. The van der Waals surface area contributed by atoms with Crippen molar-refractivity contribution in [2.45, 2.75) is 29.5 Å². The van der Waals surface area contributed by atoms with Crippen LogP contribution >= 0.6 is 22.9 Å². The van der Waals surface area contributed by atoms with Crippen LogP contribution in [0.4, 0.5) is 0 Å². The van der Waals surface area contributed by atoms with Crippen LogP contribution in [0.15, 0.2) is 70.9 Å². The highest BCUT2D eigenvalue weighted by Crippen LogP contribution is 2.33. The van der Waals surface area contributed by atoms with Crippen LogP contribution in [0.3, 0.4) is 0 Å². The van der Waals surface area contributed by atoms with Crippen molar-refractivity contribution in [2.75, 3.05) is 20.2 Å². The average molecular weight is 571 g/mol. The van der Waals surface area contributed by atoms with E-state index in [1.165, 1.54) is 11.3 Å². The first kappa shape index (κ1) is 26.4. The number of thiophene rings is 1. The molecule has 11 heteroatoms. The van der Waals surface area contributed by atoms with Gasteiger partial charge in [0.2, 0.25) is 0 Å². The summed E-state index contributed by atoms with van der Waals surface area (Å²) in [5.74, 6) is 0.740. The van der Waals surface area contributed by atoms with Gasteiger partial charge in [0.25, 0.3) is 15.9 Å². The quantitative estimate of drug-likeness (QED) is 0.299. The second-order valence-electron chi connectivity index (χ2n) is 9.02. The fourth-order valence-corrected chi connectivity index (χ4v) is 7.49. The van der Waals surface area contributed by atoms with E-state index in [0.29, 0.717) is 36.5 Å². The van der Waals surface area contributed by atoms with Crippen molar-refractivity contribution >= 4 is 38.9 Å². The largest absolute Gasteiger partial charge is 0.497 e. The summed E-state index contributed by atoms with van der Waals surface area (Å²) < 4.78 is 33.6. The van der Waals surface area contributed by atoms with Crippen molar-refractivity contribution in [3.8, 4) is 17.0 Å². The molecule has 1 saturated heterocycles. The summed E-state index contributed by atoms with van der Waals surface area (Å²) in [4.78, 5) is 13.1. The molecule has 2 aromatic carbocycles. The maximum Gasteiger partial charge on any atom is 0.252 e. The highest BCUT2D eigenvalue weighted by Gasteiger charge is 2.32. The third-order valence-electron chi connectivity index (χ3n) is 6.63. The molecule has 0 radical (unpaired) electrons. The Morgan fingerprint density at radius 3 is 2.50 bits per heavy atom. The number of carbonyl (C=O) groups is 1. The Bertz CT molecular complexity index is 1510. The molecule has 8 nitrogen and oxygen atoms in total. The minimum absolute atomic E-state index is 0.187. The van der Waals surface area contributed by atoms with Gasteiger partial charge in [-0.2, -0.15) is 9.40 Å². The number of hydrogen-bond donors (Lipinski definition) is 2. The van der Waals surface area contributed by atoms with E-state index in [9.17, 15) is 13.2 Å². The summed E-state index contributed by atoms with van der Waals surface area (Å²) in [7, 11) is -1.97. The number of ether oxygens (including phenoxy) is 1. The van der Waals surface area contributed by atoms with Crippen molar-refractivity contribution in [2.24, 2.45) is 0 Å². The average Bonchev–Trinajstić information content (AvgIpc) is 3.63. The van der Waals surface area contributed by atoms with Crippen molar-refractivity contribution in [1.29, 1.82) is 0 Å². The zero-order chi connectivity index (χ0) is 26.7. The van der Waals surface area contributed by atoms with E-state index >= 15 is 0 Å². The van der Waals surface area contributed by atoms with Crippen molar-refractivity contribution in [3.63, 3.8) is 0 Å². The van der Waals surface area contributed by atoms with Crippen LogP contribution in [0.5, 0.6) is 5.75 Å². The standard InChI is InChI=1S/C27H27ClN4O4S2/c1-36-22-8-4-18(5-9-22)24-16-25(31-30-24)19-12-14-32(15-13-19)38(34,35)26-11-10-23(37-26)17-29-27(33)20-2-6-21(28)7-3-20/h2-11,16,19H,12-15,17H2,1H3,(H,29,33)(H,30,31). The van der Waals surface area contributed by atoms with Crippen LogP contribution in [0.1, 0.15) is 39.7 Å². The molecule has 38 heavy (non-hydrogen) atoms. The molecule has 3 heterocycles. The smallest absolute Gasteiger partial charge is 0.252 e. The molecule has 0 atom stereocenters. The van der Waals surface area contributed by atoms with E-state index in [1.54, 1.807) is 47.8 Å². The number of rotatable bonds is 8. The topological polar surface area (TPSA) is 104 Å². The van der Waals surface area contributed by atoms with Gasteiger partial charge in [-0.15, -0.1) is 11.3 Å². The number of carbonyl (C=O) groups excluding carboxylic acids is 1. The maximum atomic E-state index is 13.3. The van der Waals surface area contributed by atoms with Crippen LogP contribution in [0.25, 0.3) is 11.3 Å². The lowest BCUT2D eigenvalue weighted by atomic mass is 9.94. The molecule has 1 aliphatic rings. The lowest BCUT2D eigenvalue weighted by molar-refractivity contribution is 0.0951. The predicted octanol–water partition coefficient (Wildman–Crippen LogP) is 5.30. The Labute approximate surface area is 230 Å². The lowest BCUT2D eigenvalue weighted by Gasteiger charge is -2.30. The fourth-order valence-electron chi connectivity index (χ4n) is 4.45. The first-order chi connectivity index (χ1) is 18.3. The molecule has 198 valence electrons. The zero-order valence-corrected chi connectivity index (χ0v) is 23.1. The van der Waals surface area contributed by atoms with Gasteiger partial charge < -0.3 is 10.1 Å². The number of H-pyrrole nitrogens is 1. The van der Waals surface area contributed by atoms with E-state index in [-0.39, 0.29) is 22.6 Å². The Hall–Kier alpha value is -3.18. The fraction of sp³-hybridized carbons (Fsp3) is 0.259. The molecule has 1 fully saturated rings. The van der Waals surface area contributed by atoms with Crippen molar-refractivity contribution < 1.29 is 17.9 Å². The molecule has 0 saturated carbocycles. The molecule has 0 unspecified atom stereocenters. The van der Waals surface area contributed by atoms with Gasteiger partial charge in [-0.3, -0.25) is 9.89 Å². The predicted molar refractivity (Wildman–Crippen MR) is 148 cm³/mol. The number of halogens is 1. The highest BCUT2D eigenvalue weighted by atomic mass is 35.5. The lowest BCUT2D eigenvalue weighted by Crippen LogP contribution is -2.37. The number of methoxy groups -OCH3 is 1. The number of aromatic amines is 1. The van der Waals surface area contributed by atoms with E-state index in [4.69, 9.17) is 16.3 Å². The van der Waals surface area contributed by atoms with E-state index < -0.39 is 10.0 Å². The zero-order valence-electron chi connectivity index (χ0n) is 20.7. The first-order valence-corrected chi connectivity index (χ1v) is 14.8. The summed E-state index contributed by atoms with van der Waals surface area (Å²) in [6.07, 6.45) is 1.39. The number of sulfonamides is 1. The van der Waals surface area contributed by atoms with E-state index in [0.717, 1.165) is 27.6 Å². The second-order valence-corrected chi connectivity index (χ2v) is 12.8. The van der Waals surface area contributed by atoms with Crippen LogP contribution in [-0.4, -0.2) is 49.0 Å². The van der Waals surface area contributed by atoms with Crippen LogP contribution in [0.2, 0.25) is 5.02 Å². The van der Waals surface area contributed by atoms with E-state index in [1.807, 2.05) is 30.3 Å². The van der Waals surface area contributed by atoms with E-state index in [2.05, 4.69) is 15.5 Å². The normalized spacial score (nSPS) is 14.9. The molecular formula is C27H27ClN4O4S2. The van der Waals surface area contributed by atoms with Gasteiger partial charge >= 0.3 is 0 Å². The van der Waals surface area contributed by atoms with Gasteiger partial charge in [0.05, 0.1) is 25.0 Å². The monoisotopic (exact) mass is 570 g/mol. The summed E-state index contributed by atoms with van der Waals surface area (Å²) in [6, 6.07) is 19.8. The molecule has 1 aliphatic heterocycles. The summed E-state index contributed by atoms with van der Waals surface area (Å²) >= 11 is 7.05. The third-order valence-corrected chi connectivity index (χ3v) is 10.3. The molecule has 5 rings (SSSR count). The Morgan fingerprint density at radius 1 is 1.11 bits per heavy atom. The van der Waals surface area contributed by atoms with Crippen LogP contribution in [-0.2, 0) is 16.6 Å². The molecule has 2 N–H and O–H groups in total. The summed E-state index contributed by atoms with van der Waals surface area (Å²) in [6.45, 7) is 1.11. The number of piperidine rings is 1. The number of amides is 1. The molecule has 0 aliphatic carbocycles. The van der Waals surface area contributed by atoms with Crippen LogP contribution in [0, 0.1) is 0 Å². The molecule has 1 amide bonds. The highest BCUT2D eigenvalue weighted by molar-refractivity contribution is 7.91. The van der Waals surface area contributed by atoms with Gasteiger partial charge in [0.15, 0.2) is 0 Å². The molecule has 2 aromatic heterocycles. The first-order valence-electron chi connectivity index (χ1n) is 12.2. The summed E-state index contributed by atoms with van der Waals surface area (Å²) in [5, 5.41) is 11.0. The number of nitrogens with zero attached hydrogens (tertiary/aromatic N) is 2. The van der Waals surface area contributed by atoms with Crippen molar-refractivity contribution in [1.82, 2.24) is 19.8 Å². The molecular weight excluding hydrogens is 544 g/mol. The Morgan fingerprint density at radius 2 is 1.82 bits per heavy atom. The van der Waals surface area contributed by atoms with Gasteiger partial charge in [-0.25, -0.2) is 8.42 Å². The number of benzene rings is 2. The molecule has 0 spiro atoms. The number of nitrogens with one attached hydrogen (secondary N) is 2. The van der Waals surface area contributed by atoms with Gasteiger partial charge in [0.1, 0.15) is 9.96 Å².